The topological polar surface area (TPSA) is 113 Å². The molecule has 1 heterocycles. The molecule has 1 amide bonds. The van der Waals surface area contributed by atoms with E-state index in [1.807, 2.05) is 6.92 Å². The van der Waals surface area contributed by atoms with Crippen molar-refractivity contribution >= 4 is 23.0 Å². The third kappa shape index (κ3) is 3.35. The summed E-state index contributed by atoms with van der Waals surface area (Å²) in [5, 5.41) is 23.0. The first kappa shape index (κ1) is 14.5. The summed E-state index contributed by atoms with van der Waals surface area (Å²) in [7, 11) is 0. The first-order chi connectivity index (χ1) is 10.1. The van der Waals surface area contributed by atoms with Crippen LogP contribution in [0.1, 0.15) is 23.7 Å². The lowest BCUT2D eigenvalue weighted by atomic mass is 10.1. The van der Waals surface area contributed by atoms with E-state index in [9.17, 15) is 14.9 Å². The number of aromatic nitrogens is 2. The number of carbonyl (C=O) groups excluding carboxylic acids is 1. The maximum Gasteiger partial charge on any atom is 0.305 e. The van der Waals surface area contributed by atoms with Gasteiger partial charge in [-0.1, -0.05) is 13.0 Å². The fourth-order valence-corrected chi connectivity index (χ4v) is 1.84. The number of aromatic amines is 1. The quantitative estimate of drug-likeness (QED) is 0.558. The number of amides is 1. The molecule has 3 N–H and O–H groups in total. The van der Waals surface area contributed by atoms with Gasteiger partial charge in [-0.05, 0) is 18.6 Å². The van der Waals surface area contributed by atoms with Crippen molar-refractivity contribution in [1.82, 2.24) is 10.2 Å². The first-order valence-electron chi connectivity index (χ1n) is 6.45. The fraction of sp³-hybridized carbons (Fsp3) is 0.231. The van der Waals surface area contributed by atoms with Crippen LogP contribution in [0.4, 0.5) is 17.1 Å². The molecule has 1 aromatic heterocycles. The predicted octanol–water partition coefficient (Wildman–Crippen LogP) is 2.39. The Bertz CT molecular complexity index is 639. The second kappa shape index (κ2) is 6.51. The van der Waals surface area contributed by atoms with Crippen molar-refractivity contribution in [2.45, 2.75) is 13.3 Å². The Hall–Kier alpha value is -2.90. The molecule has 0 atom stereocenters. The molecule has 0 aliphatic carbocycles. The molecule has 0 radical (unpaired) electrons. The Morgan fingerprint density at radius 1 is 1.48 bits per heavy atom. The number of nitro groups is 1. The van der Waals surface area contributed by atoms with Crippen molar-refractivity contribution in [3.8, 4) is 0 Å². The number of anilines is 2. The van der Waals surface area contributed by atoms with Gasteiger partial charge in [0.05, 0.1) is 16.8 Å². The summed E-state index contributed by atoms with van der Waals surface area (Å²) >= 11 is 0. The van der Waals surface area contributed by atoms with Crippen LogP contribution in [0.3, 0.4) is 0 Å². The number of hydrogen-bond acceptors (Lipinski definition) is 5. The van der Waals surface area contributed by atoms with Gasteiger partial charge in [0, 0.05) is 12.7 Å². The van der Waals surface area contributed by atoms with Crippen molar-refractivity contribution in [3.05, 3.63) is 46.3 Å². The van der Waals surface area contributed by atoms with Crippen molar-refractivity contribution < 1.29 is 9.72 Å². The van der Waals surface area contributed by atoms with Crippen LogP contribution in [0.2, 0.25) is 0 Å². The number of benzene rings is 1. The second-order valence-corrected chi connectivity index (χ2v) is 4.33. The van der Waals surface area contributed by atoms with E-state index in [0.717, 1.165) is 6.42 Å². The maximum absolute atomic E-state index is 12.2. The van der Waals surface area contributed by atoms with Gasteiger partial charge in [-0.25, -0.2) is 0 Å². The van der Waals surface area contributed by atoms with Gasteiger partial charge >= 0.3 is 5.69 Å². The third-order valence-corrected chi connectivity index (χ3v) is 2.78. The zero-order valence-corrected chi connectivity index (χ0v) is 11.4. The van der Waals surface area contributed by atoms with E-state index in [2.05, 4.69) is 20.8 Å². The fourth-order valence-electron chi connectivity index (χ4n) is 1.84. The zero-order valence-electron chi connectivity index (χ0n) is 11.4. The Morgan fingerprint density at radius 2 is 2.29 bits per heavy atom. The largest absolute Gasteiger partial charge is 0.379 e. The van der Waals surface area contributed by atoms with Crippen molar-refractivity contribution in [3.63, 3.8) is 0 Å². The van der Waals surface area contributed by atoms with Gasteiger partial charge in [0.1, 0.15) is 11.3 Å². The molecule has 0 fully saturated rings. The number of rotatable bonds is 6. The summed E-state index contributed by atoms with van der Waals surface area (Å²) in [5.41, 5.74) is 0.553. The summed E-state index contributed by atoms with van der Waals surface area (Å²) in [6.07, 6.45) is 3.73. The summed E-state index contributed by atoms with van der Waals surface area (Å²) in [6, 6.07) is 4.61. The number of carbonyl (C=O) groups is 1. The van der Waals surface area contributed by atoms with E-state index in [1.165, 1.54) is 18.5 Å². The minimum atomic E-state index is -0.553. The number of nitrogens with one attached hydrogen (secondary N) is 3. The van der Waals surface area contributed by atoms with Gasteiger partial charge in [-0.15, -0.1) is 0 Å². The van der Waals surface area contributed by atoms with Crippen LogP contribution >= 0.6 is 0 Å². The van der Waals surface area contributed by atoms with Gasteiger partial charge in [0.25, 0.3) is 5.91 Å². The minimum absolute atomic E-state index is 0.00213. The molecule has 1 aromatic carbocycles. The number of para-hydroxylation sites is 1. The van der Waals surface area contributed by atoms with E-state index in [0.29, 0.717) is 17.9 Å². The first-order valence-corrected chi connectivity index (χ1v) is 6.45. The average molecular weight is 289 g/mol. The number of nitro benzene ring substituents is 1. The van der Waals surface area contributed by atoms with Crippen LogP contribution < -0.4 is 10.6 Å². The lowest BCUT2D eigenvalue weighted by Crippen LogP contribution is -2.15. The molecular weight excluding hydrogens is 274 g/mol. The maximum atomic E-state index is 12.2. The molecule has 0 aliphatic heterocycles. The normalized spacial score (nSPS) is 10.1. The van der Waals surface area contributed by atoms with E-state index >= 15 is 0 Å². The lowest BCUT2D eigenvalue weighted by molar-refractivity contribution is -0.384. The minimum Gasteiger partial charge on any atom is -0.379 e. The molecule has 0 saturated carbocycles. The molecule has 0 spiro atoms. The molecule has 21 heavy (non-hydrogen) atoms. The molecule has 0 bridgehead atoms. The van der Waals surface area contributed by atoms with Gasteiger partial charge in [0.2, 0.25) is 0 Å². The van der Waals surface area contributed by atoms with Gasteiger partial charge < -0.3 is 10.6 Å². The number of nitrogens with zero attached hydrogens (tertiary/aromatic N) is 2. The number of H-pyrrole nitrogens is 1. The molecule has 2 aromatic rings. The molecule has 0 saturated heterocycles. The second-order valence-electron chi connectivity index (χ2n) is 4.33. The van der Waals surface area contributed by atoms with E-state index in [-0.39, 0.29) is 11.3 Å². The molecule has 2 rings (SSSR count). The Labute approximate surface area is 120 Å². The molecule has 0 aliphatic rings. The third-order valence-electron chi connectivity index (χ3n) is 2.78. The molecule has 8 heteroatoms. The summed E-state index contributed by atoms with van der Waals surface area (Å²) < 4.78 is 0. The van der Waals surface area contributed by atoms with Crippen molar-refractivity contribution in [2.75, 3.05) is 17.2 Å². The van der Waals surface area contributed by atoms with E-state index < -0.39 is 10.8 Å². The van der Waals surface area contributed by atoms with Crippen LogP contribution in [0.25, 0.3) is 0 Å². The van der Waals surface area contributed by atoms with E-state index in [1.54, 1.807) is 12.1 Å². The Balaban J connectivity index is 2.33. The zero-order chi connectivity index (χ0) is 15.2. The van der Waals surface area contributed by atoms with Gasteiger partial charge in [0.15, 0.2) is 0 Å². The van der Waals surface area contributed by atoms with Crippen LogP contribution in [0.5, 0.6) is 0 Å². The SMILES string of the molecule is CCCNc1cccc(C(=O)Nc2cn[nH]c2)c1[N+](=O)[O-]. The molecular formula is C13H15N5O3. The standard InChI is InChI=1S/C13H15N5O3/c1-2-6-14-11-5-3-4-10(12(11)18(20)21)13(19)17-9-7-15-16-8-9/h3-5,7-8,14H,2,6H2,1H3,(H,15,16)(H,17,19). The van der Waals surface area contributed by atoms with Crippen molar-refractivity contribution in [2.24, 2.45) is 0 Å². The smallest absolute Gasteiger partial charge is 0.305 e. The highest BCUT2D eigenvalue weighted by Gasteiger charge is 2.24. The average Bonchev–Trinajstić information content (AvgIpc) is 2.97. The lowest BCUT2D eigenvalue weighted by Gasteiger charge is -2.09. The molecule has 8 nitrogen and oxygen atoms in total. The highest BCUT2D eigenvalue weighted by atomic mass is 16.6. The van der Waals surface area contributed by atoms with Crippen LogP contribution in [-0.4, -0.2) is 27.6 Å². The van der Waals surface area contributed by atoms with Crippen LogP contribution in [0, 0.1) is 10.1 Å². The Kier molecular flexibility index (Phi) is 4.50. The monoisotopic (exact) mass is 289 g/mol. The van der Waals surface area contributed by atoms with Gasteiger partial charge in [-0.2, -0.15) is 5.10 Å². The number of hydrogen-bond donors (Lipinski definition) is 3. The highest BCUT2D eigenvalue weighted by molar-refractivity contribution is 6.08. The molecule has 110 valence electrons. The Morgan fingerprint density at radius 3 is 2.90 bits per heavy atom. The summed E-state index contributed by atoms with van der Waals surface area (Å²) in [6.45, 7) is 2.54. The van der Waals surface area contributed by atoms with Crippen LogP contribution in [0.15, 0.2) is 30.6 Å². The predicted molar refractivity (Wildman–Crippen MR) is 78.4 cm³/mol. The summed E-state index contributed by atoms with van der Waals surface area (Å²) in [4.78, 5) is 22.9. The van der Waals surface area contributed by atoms with Crippen molar-refractivity contribution in [1.29, 1.82) is 0 Å². The van der Waals surface area contributed by atoms with Crippen LogP contribution in [-0.2, 0) is 0 Å². The highest BCUT2D eigenvalue weighted by Crippen LogP contribution is 2.29. The van der Waals surface area contributed by atoms with E-state index in [4.69, 9.17) is 0 Å². The van der Waals surface area contributed by atoms with Gasteiger partial charge in [-0.3, -0.25) is 20.0 Å². The molecule has 0 unspecified atom stereocenters. The summed E-state index contributed by atoms with van der Waals surface area (Å²) in [5.74, 6) is -0.553.